The molecule has 0 aliphatic rings. The van der Waals surface area contributed by atoms with Crippen LogP contribution in [0.4, 0.5) is 0 Å². The van der Waals surface area contributed by atoms with Crippen LogP contribution < -0.4 is 138 Å². The Hall–Kier alpha value is 3.98. The Kier molecular flexibility index (Phi) is 170. The molecule has 0 fully saturated rings. The summed E-state index contributed by atoms with van der Waals surface area (Å²) in [6.07, 6.45) is 0. The van der Waals surface area contributed by atoms with Crippen LogP contribution in [-0.2, 0) is 13.4 Å². The first-order chi connectivity index (χ1) is 3.71. The average Bonchev–Trinajstić information content (AvgIpc) is 1.14. The molecule has 0 aromatic heterocycles. The van der Waals surface area contributed by atoms with Gasteiger partial charge in [-0.05, 0) is 0 Å². The molecule has 0 bridgehead atoms. The zero-order valence-electron chi connectivity index (χ0n) is 11.3. The Morgan fingerprint density at radius 2 is 0.600 bits per heavy atom. The first kappa shape index (κ1) is 88.2. The van der Waals surface area contributed by atoms with Gasteiger partial charge >= 0.3 is 118 Å². The second-order valence-electron chi connectivity index (χ2n) is 0.976. The number of hydrogen-bond acceptors (Lipinski definition) is 7. The Morgan fingerprint density at radius 1 is 0.500 bits per heavy atom. The smallest absolute Gasteiger partial charge is 0.790 e. The SMILES string of the molecule is O.O.O.O.O.O.O.O=P([O-])([O-])OP(=O)([O-])[O-].[Na+].[Na+].[Na+].[Na+]. The van der Waals surface area contributed by atoms with Crippen molar-refractivity contribution < 1.29 is 190 Å². The van der Waals surface area contributed by atoms with Gasteiger partial charge < -0.3 is 71.3 Å². The maximum atomic E-state index is 9.32. The topological polar surface area (TPSA) is 356 Å². The van der Waals surface area contributed by atoms with Gasteiger partial charge in [-0.1, -0.05) is 0 Å². The van der Waals surface area contributed by atoms with Gasteiger partial charge in [0.25, 0.3) is 0 Å². The van der Waals surface area contributed by atoms with E-state index in [9.17, 15) is 28.7 Å². The fourth-order valence-corrected chi connectivity index (χ4v) is 1.10. The van der Waals surface area contributed by atoms with Crippen molar-refractivity contribution in [2.75, 3.05) is 0 Å². The van der Waals surface area contributed by atoms with Gasteiger partial charge in [0.1, 0.15) is 0 Å². The minimum absolute atomic E-state index is 0. The van der Waals surface area contributed by atoms with E-state index in [1.807, 2.05) is 0 Å². The van der Waals surface area contributed by atoms with Crippen LogP contribution in [0.5, 0.6) is 0 Å². The summed E-state index contributed by atoms with van der Waals surface area (Å²) in [4.78, 5) is 37.3. The van der Waals surface area contributed by atoms with Crippen molar-refractivity contribution in [3.05, 3.63) is 0 Å². The summed E-state index contributed by atoms with van der Waals surface area (Å²) >= 11 is 0. The second-order valence-corrected chi connectivity index (χ2v) is 3.42. The van der Waals surface area contributed by atoms with Crippen molar-refractivity contribution in [2.24, 2.45) is 0 Å². The average molecular weight is 392 g/mol. The van der Waals surface area contributed by atoms with Crippen molar-refractivity contribution >= 4 is 15.6 Å². The van der Waals surface area contributed by atoms with Gasteiger partial charge in [-0.2, -0.15) is 0 Å². The third kappa shape index (κ3) is 97.1. The molecule has 0 aliphatic heterocycles. The van der Waals surface area contributed by atoms with Crippen LogP contribution in [0.1, 0.15) is 0 Å². The number of hydrogen-bond donors (Lipinski definition) is 0. The van der Waals surface area contributed by atoms with E-state index in [4.69, 9.17) is 0 Å². The van der Waals surface area contributed by atoms with E-state index >= 15 is 0 Å². The van der Waals surface area contributed by atoms with Crippen LogP contribution in [0, 0.1) is 0 Å². The maximum absolute atomic E-state index is 9.32. The third-order valence-corrected chi connectivity index (χ3v) is 1.80. The molecule has 0 atom stereocenters. The van der Waals surface area contributed by atoms with Crippen molar-refractivity contribution in [3.63, 3.8) is 0 Å². The summed E-state index contributed by atoms with van der Waals surface area (Å²) < 4.78 is 21.2. The maximum Gasteiger partial charge on any atom is 1.00 e. The number of rotatable bonds is 2. The van der Waals surface area contributed by atoms with Gasteiger partial charge in [-0.25, -0.2) is 0 Å². The molecule has 0 amide bonds. The van der Waals surface area contributed by atoms with Gasteiger partial charge in [-0.15, -0.1) is 0 Å². The predicted molar refractivity (Wildman–Crippen MR) is 41.6 cm³/mol. The second kappa shape index (κ2) is 38.5. The Morgan fingerprint density at radius 3 is 0.600 bits per heavy atom. The molecular formula is H14Na4O14P2. The van der Waals surface area contributed by atoms with Crippen LogP contribution in [0.25, 0.3) is 0 Å². The first-order valence-electron chi connectivity index (χ1n) is 1.46. The molecular weight excluding hydrogens is 378 g/mol. The third-order valence-electron chi connectivity index (χ3n) is 0.200. The standard InChI is InChI=1S/4Na.H4O7P2.7H2O/c;;;;1-8(2,3)7-9(4,5)6;;;;;;;/h;;;;(H2,1,2,3)(H2,4,5,6);7*1H2/q4*+1;;;;;;;;/p-4. The van der Waals surface area contributed by atoms with E-state index < -0.39 is 15.6 Å². The summed E-state index contributed by atoms with van der Waals surface area (Å²) in [7, 11) is -11.4. The Bertz CT molecular complexity index is 164. The van der Waals surface area contributed by atoms with Crippen molar-refractivity contribution in [1.82, 2.24) is 0 Å². The molecule has 20 heteroatoms. The molecule has 0 aliphatic carbocycles. The first-order valence-corrected chi connectivity index (χ1v) is 4.38. The molecule has 0 radical (unpaired) electrons. The van der Waals surface area contributed by atoms with Gasteiger partial charge in [0, 0.05) is 0 Å². The van der Waals surface area contributed by atoms with Crippen molar-refractivity contribution in [2.45, 2.75) is 0 Å². The Balaban J connectivity index is -0.00000000582. The minimum Gasteiger partial charge on any atom is -0.790 e. The molecule has 20 heavy (non-hydrogen) atoms. The molecule has 0 aromatic carbocycles. The van der Waals surface area contributed by atoms with E-state index in [1.54, 1.807) is 0 Å². The molecule has 0 rings (SSSR count). The van der Waals surface area contributed by atoms with Crippen LogP contribution in [0.3, 0.4) is 0 Å². The normalized spacial score (nSPS) is 6.20. The van der Waals surface area contributed by atoms with E-state index in [1.165, 1.54) is 0 Å². The monoisotopic (exact) mass is 392 g/mol. The largest absolute Gasteiger partial charge is 1.00 e. The van der Waals surface area contributed by atoms with Crippen LogP contribution in [0.2, 0.25) is 0 Å². The van der Waals surface area contributed by atoms with Gasteiger partial charge in [-0.3, -0.25) is 0 Å². The van der Waals surface area contributed by atoms with Gasteiger partial charge in [0.05, 0.1) is 15.6 Å². The molecule has 0 saturated carbocycles. The van der Waals surface area contributed by atoms with Crippen molar-refractivity contribution in [3.8, 4) is 0 Å². The quantitative estimate of drug-likeness (QED) is 0.322. The zero-order chi connectivity index (χ0) is 7.71. The molecule has 112 valence electrons. The summed E-state index contributed by atoms with van der Waals surface area (Å²) in [5.41, 5.74) is 0. The van der Waals surface area contributed by atoms with Crippen molar-refractivity contribution in [1.29, 1.82) is 0 Å². The molecule has 0 saturated heterocycles. The number of phosphoric acid groups is 2. The van der Waals surface area contributed by atoms with Crippen LogP contribution in [-0.4, -0.2) is 38.3 Å². The molecule has 0 unspecified atom stereocenters. The summed E-state index contributed by atoms with van der Waals surface area (Å²) in [6, 6.07) is 0. The van der Waals surface area contributed by atoms with E-state index in [2.05, 4.69) is 4.31 Å². The van der Waals surface area contributed by atoms with Crippen LogP contribution in [0.15, 0.2) is 0 Å². The summed E-state index contributed by atoms with van der Waals surface area (Å²) in [6.45, 7) is 0. The molecule has 0 aromatic rings. The zero-order valence-corrected chi connectivity index (χ0v) is 21.0. The molecule has 14 nitrogen and oxygen atoms in total. The van der Waals surface area contributed by atoms with E-state index in [0.29, 0.717) is 0 Å². The van der Waals surface area contributed by atoms with Gasteiger partial charge in [0.2, 0.25) is 0 Å². The molecule has 0 heterocycles. The van der Waals surface area contributed by atoms with E-state index in [0.717, 1.165) is 0 Å². The van der Waals surface area contributed by atoms with E-state index in [-0.39, 0.29) is 157 Å². The fourth-order valence-electron chi connectivity index (χ4n) is 0.122. The predicted octanol–water partition coefficient (Wildman–Crippen LogP) is -21.1. The summed E-state index contributed by atoms with van der Waals surface area (Å²) in [5.74, 6) is 0. The van der Waals surface area contributed by atoms with Gasteiger partial charge in [0.15, 0.2) is 0 Å². The molecule has 0 spiro atoms. The Labute approximate surface area is 202 Å². The fraction of sp³-hybridized carbons (Fsp3) is 0. The minimum atomic E-state index is -5.68. The summed E-state index contributed by atoms with van der Waals surface area (Å²) in [5, 5.41) is 0. The van der Waals surface area contributed by atoms with Crippen LogP contribution >= 0.6 is 15.6 Å². The molecule has 14 N–H and O–H groups in total.